The maximum absolute atomic E-state index is 12.5. The first-order chi connectivity index (χ1) is 17.3. The Morgan fingerprint density at radius 1 is 1.06 bits per heavy atom. The van der Waals surface area contributed by atoms with Crippen LogP contribution >= 0.6 is 0 Å². The van der Waals surface area contributed by atoms with Crippen LogP contribution in [0, 0.1) is 18.3 Å². The van der Waals surface area contributed by atoms with Gasteiger partial charge in [-0.3, -0.25) is 4.79 Å². The Bertz CT molecular complexity index is 1530. The largest absolute Gasteiger partial charge is 0.489 e. The van der Waals surface area contributed by atoms with Crippen LogP contribution in [-0.2, 0) is 16.1 Å². The van der Waals surface area contributed by atoms with Gasteiger partial charge in [0, 0.05) is 23.2 Å². The molecular formula is C28H22N2O6. The van der Waals surface area contributed by atoms with E-state index in [1.165, 1.54) is 19.1 Å². The van der Waals surface area contributed by atoms with Gasteiger partial charge in [0.15, 0.2) is 6.10 Å². The third-order valence-electron chi connectivity index (χ3n) is 5.43. The van der Waals surface area contributed by atoms with Gasteiger partial charge in [-0.15, -0.1) is 0 Å². The van der Waals surface area contributed by atoms with Crippen LogP contribution in [0.1, 0.15) is 34.0 Å². The van der Waals surface area contributed by atoms with Crippen molar-refractivity contribution in [1.29, 1.82) is 5.26 Å². The highest BCUT2D eigenvalue weighted by atomic mass is 16.5. The number of nitriles is 1. The molecular weight excluding hydrogens is 460 g/mol. The van der Waals surface area contributed by atoms with Gasteiger partial charge in [-0.2, -0.15) is 5.26 Å². The molecule has 0 saturated carbocycles. The average molecular weight is 482 g/mol. The molecule has 1 unspecified atom stereocenters. The standard InChI is InChI=1S/C28H22N2O6/c1-17-12-26(31)36-25-14-23(10-11-24(17)25)34-16-19-6-8-21(9-7-19)28(33)35-18(2)27(32)30-22-5-3-4-20(13-22)15-29/h3-14,18H,16H2,1-2H3,(H,30,32). The molecule has 3 aromatic carbocycles. The minimum Gasteiger partial charge on any atom is -0.489 e. The lowest BCUT2D eigenvalue weighted by molar-refractivity contribution is -0.123. The summed E-state index contributed by atoms with van der Waals surface area (Å²) < 4.78 is 16.3. The fraction of sp³-hybridized carbons (Fsp3) is 0.143. The van der Waals surface area contributed by atoms with Gasteiger partial charge in [0.1, 0.15) is 17.9 Å². The quantitative estimate of drug-likeness (QED) is 0.299. The molecule has 0 fully saturated rings. The van der Waals surface area contributed by atoms with Crippen molar-refractivity contribution in [2.45, 2.75) is 26.6 Å². The van der Waals surface area contributed by atoms with Crippen molar-refractivity contribution in [1.82, 2.24) is 0 Å². The average Bonchev–Trinajstić information content (AvgIpc) is 2.87. The Hall–Kier alpha value is -4.90. The summed E-state index contributed by atoms with van der Waals surface area (Å²) >= 11 is 0. The van der Waals surface area contributed by atoms with Crippen LogP contribution in [0.15, 0.2) is 82.0 Å². The van der Waals surface area contributed by atoms with E-state index in [0.717, 1.165) is 16.5 Å². The molecule has 0 radical (unpaired) electrons. The Kier molecular flexibility index (Phi) is 7.12. The number of esters is 1. The molecule has 1 amide bonds. The number of nitrogens with zero attached hydrogens (tertiary/aromatic N) is 1. The lowest BCUT2D eigenvalue weighted by atomic mass is 10.1. The zero-order valence-electron chi connectivity index (χ0n) is 19.6. The van der Waals surface area contributed by atoms with Crippen molar-refractivity contribution < 1.29 is 23.5 Å². The third kappa shape index (κ3) is 5.77. The number of carbonyl (C=O) groups is 2. The molecule has 1 N–H and O–H groups in total. The fourth-order valence-electron chi connectivity index (χ4n) is 3.49. The van der Waals surface area contributed by atoms with E-state index in [0.29, 0.717) is 22.6 Å². The fourth-order valence-corrected chi connectivity index (χ4v) is 3.49. The molecule has 0 aliphatic carbocycles. The maximum Gasteiger partial charge on any atom is 0.338 e. The van der Waals surface area contributed by atoms with E-state index in [2.05, 4.69) is 5.32 Å². The molecule has 0 spiro atoms. The van der Waals surface area contributed by atoms with E-state index in [-0.39, 0.29) is 12.2 Å². The molecule has 4 rings (SSSR count). The molecule has 0 aliphatic rings. The van der Waals surface area contributed by atoms with E-state index in [1.54, 1.807) is 54.6 Å². The van der Waals surface area contributed by atoms with Crippen molar-refractivity contribution in [3.63, 3.8) is 0 Å². The summed E-state index contributed by atoms with van der Waals surface area (Å²) in [5.74, 6) is -0.611. The minimum absolute atomic E-state index is 0.234. The Labute approximate surface area is 206 Å². The summed E-state index contributed by atoms with van der Waals surface area (Å²) in [5.41, 5.74) is 2.80. The number of fused-ring (bicyclic) bond motifs is 1. The lowest BCUT2D eigenvalue weighted by Gasteiger charge is -2.14. The number of amides is 1. The van der Waals surface area contributed by atoms with Crippen LogP contribution in [0.5, 0.6) is 5.75 Å². The monoisotopic (exact) mass is 482 g/mol. The lowest BCUT2D eigenvalue weighted by Crippen LogP contribution is -2.30. The van der Waals surface area contributed by atoms with E-state index < -0.39 is 23.6 Å². The number of aryl methyl sites for hydroxylation is 1. The second-order valence-corrected chi connectivity index (χ2v) is 8.12. The molecule has 0 bridgehead atoms. The van der Waals surface area contributed by atoms with Gasteiger partial charge in [-0.25, -0.2) is 9.59 Å². The number of benzene rings is 3. The van der Waals surface area contributed by atoms with Crippen molar-refractivity contribution in [2.75, 3.05) is 5.32 Å². The van der Waals surface area contributed by atoms with Gasteiger partial charge in [-0.05, 0) is 67.4 Å². The highest BCUT2D eigenvalue weighted by molar-refractivity contribution is 5.97. The number of nitrogens with one attached hydrogen (secondary N) is 1. The predicted octanol–water partition coefficient (Wildman–Crippen LogP) is 4.74. The van der Waals surface area contributed by atoms with Crippen LogP contribution in [0.3, 0.4) is 0 Å². The number of carbonyl (C=O) groups excluding carboxylic acids is 2. The summed E-state index contributed by atoms with van der Waals surface area (Å²) in [6.07, 6.45) is -1.04. The first kappa shape index (κ1) is 24.2. The van der Waals surface area contributed by atoms with E-state index in [4.69, 9.17) is 19.2 Å². The Morgan fingerprint density at radius 2 is 1.83 bits per heavy atom. The number of hydrogen-bond acceptors (Lipinski definition) is 7. The molecule has 0 saturated heterocycles. The van der Waals surface area contributed by atoms with Crippen LogP contribution in [-0.4, -0.2) is 18.0 Å². The molecule has 4 aromatic rings. The Morgan fingerprint density at radius 3 is 2.58 bits per heavy atom. The molecule has 1 aromatic heterocycles. The Balaban J connectivity index is 1.33. The highest BCUT2D eigenvalue weighted by Crippen LogP contribution is 2.23. The van der Waals surface area contributed by atoms with E-state index >= 15 is 0 Å². The first-order valence-electron chi connectivity index (χ1n) is 11.1. The molecule has 1 atom stereocenters. The van der Waals surface area contributed by atoms with Crippen LogP contribution in [0.2, 0.25) is 0 Å². The first-order valence-corrected chi connectivity index (χ1v) is 11.1. The van der Waals surface area contributed by atoms with Gasteiger partial charge < -0.3 is 19.2 Å². The number of hydrogen-bond donors (Lipinski definition) is 1. The molecule has 8 nitrogen and oxygen atoms in total. The summed E-state index contributed by atoms with van der Waals surface area (Å²) in [5, 5.41) is 12.4. The molecule has 0 aliphatic heterocycles. The maximum atomic E-state index is 12.5. The molecule has 36 heavy (non-hydrogen) atoms. The van der Waals surface area contributed by atoms with E-state index in [9.17, 15) is 14.4 Å². The summed E-state index contributed by atoms with van der Waals surface area (Å²) in [4.78, 5) is 36.4. The highest BCUT2D eigenvalue weighted by Gasteiger charge is 2.19. The normalized spacial score (nSPS) is 11.4. The summed E-state index contributed by atoms with van der Waals surface area (Å²) in [6, 6.07) is 21.8. The predicted molar refractivity (Wildman–Crippen MR) is 133 cm³/mol. The van der Waals surface area contributed by atoms with Gasteiger partial charge in [0.2, 0.25) is 0 Å². The SMILES string of the molecule is Cc1cc(=O)oc2cc(OCc3ccc(C(=O)OC(C)C(=O)Nc4cccc(C#N)c4)cc3)ccc12. The van der Waals surface area contributed by atoms with Gasteiger partial charge in [0.05, 0.1) is 17.2 Å². The smallest absolute Gasteiger partial charge is 0.338 e. The summed E-state index contributed by atoms with van der Waals surface area (Å²) in [7, 11) is 0. The van der Waals surface area contributed by atoms with Crippen molar-refractivity contribution >= 4 is 28.5 Å². The van der Waals surface area contributed by atoms with Crippen molar-refractivity contribution in [2.24, 2.45) is 0 Å². The molecule has 1 heterocycles. The number of rotatable bonds is 7. The third-order valence-corrected chi connectivity index (χ3v) is 5.43. The number of ether oxygens (including phenoxy) is 2. The second-order valence-electron chi connectivity index (χ2n) is 8.12. The van der Waals surface area contributed by atoms with Crippen LogP contribution in [0.25, 0.3) is 11.0 Å². The number of anilines is 1. The second kappa shape index (κ2) is 10.6. The van der Waals surface area contributed by atoms with Gasteiger partial charge in [-0.1, -0.05) is 18.2 Å². The van der Waals surface area contributed by atoms with Gasteiger partial charge in [0.25, 0.3) is 5.91 Å². The van der Waals surface area contributed by atoms with Crippen LogP contribution < -0.4 is 15.7 Å². The molecule has 8 heteroatoms. The zero-order valence-corrected chi connectivity index (χ0v) is 19.6. The van der Waals surface area contributed by atoms with Crippen molar-refractivity contribution in [3.05, 3.63) is 105 Å². The van der Waals surface area contributed by atoms with Crippen molar-refractivity contribution in [3.8, 4) is 11.8 Å². The van der Waals surface area contributed by atoms with Crippen LogP contribution in [0.4, 0.5) is 5.69 Å². The molecule has 180 valence electrons. The van der Waals surface area contributed by atoms with E-state index in [1.807, 2.05) is 19.1 Å². The van der Waals surface area contributed by atoms with Gasteiger partial charge >= 0.3 is 11.6 Å². The minimum atomic E-state index is -1.04. The zero-order chi connectivity index (χ0) is 25.7. The summed E-state index contributed by atoms with van der Waals surface area (Å²) in [6.45, 7) is 3.54. The topological polar surface area (TPSA) is 119 Å².